The number of benzene rings is 1. The monoisotopic (exact) mass is 496 g/mol. The minimum atomic E-state index is -3.72. The molecule has 182 valence electrons. The van der Waals surface area contributed by atoms with Crippen molar-refractivity contribution in [2.75, 3.05) is 44.6 Å². The third-order valence-corrected chi connectivity index (χ3v) is 9.19. The fourth-order valence-corrected chi connectivity index (χ4v) is 7.03. The predicted molar refractivity (Wildman–Crippen MR) is 128 cm³/mol. The SMILES string of the molecule is O=C(CN1CCCCC1C(=O)N1CCCC1)Nc1ccc(Cl)c(S(=O)(=O)N2CCCCC2)c1. The van der Waals surface area contributed by atoms with Gasteiger partial charge in [-0.1, -0.05) is 24.4 Å². The zero-order valence-corrected chi connectivity index (χ0v) is 20.5. The van der Waals surface area contributed by atoms with E-state index in [-0.39, 0.29) is 34.3 Å². The average molecular weight is 497 g/mol. The molecule has 2 amide bonds. The second-order valence-electron chi connectivity index (χ2n) is 9.17. The predicted octanol–water partition coefficient (Wildman–Crippen LogP) is 2.93. The summed E-state index contributed by atoms with van der Waals surface area (Å²) in [5, 5.41) is 2.96. The van der Waals surface area contributed by atoms with E-state index in [0.717, 1.165) is 64.5 Å². The summed E-state index contributed by atoms with van der Waals surface area (Å²) in [4.78, 5) is 29.7. The summed E-state index contributed by atoms with van der Waals surface area (Å²) in [6, 6.07) is 4.29. The van der Waals surface area contributed by atoms with Gasteiger partial charge in [-0.3, -0.25) is 14.5 Å². The molecule has 1 aromatic rings. The van der Waals surface area contributed by atoms with Crippen LogP contribution in [0.1, 0.15) is 51.4 Å². The first-order chi connectivity index (χ1) is 15.9. The summed E-state index contributed by atoms with van der Waals surface area (Å²) < 4.78 is 27.6. The summed E-state index contributed by atoms with van der Waals surface area (Å²) in [5.74, 6) is -0.138. The average Bonchev–Trinajstić information content (AvgIpc) is 3.36. The summed E-state index contributed by atoms with van der Waals surface area (Å²) in [7, 11) is -3.72. The molecule has 4 rings (SSSR count). The normalized spacial score (nSPS) is 22.9. The fourth-order valence-electron chi connectivity index (χ4n) is 5.02. The van der Waals surface area contributed by atoms with Crippen molar-refractivity contribution < 1.29 is 18.0 Å². The maximum atomic E-state index is 13.1. The molecule has 1 N–H and O–H groups in total. The number of anilines is 1. The molecule has 0 aliphatic carbocycles. The molecule has 0 bridgehead atoms. The van der Waals surface area contributed by atoms with E-state index in [1.165, 1.54) is 16.4 Å². The minimum Gasteiger partial charge on any atom is -0.341 e. The van der Waals surface area contributed by atoms with E-state index in [2.05, 4.69) is 5.32 Å². The number of nitrogens with one attached hydrogen (secondary N) is 1. The van der Waals surface area contributed by atoms with Gasteiger partial charge in [0.2, 0.25) is 21.8 Å². The summed E-state index contributed by atoms with van der Waals surface area (Å²) in [5.41, 5.74) is 0.388. The van der Waals surface area contributed by atoms with Crippen LogP contribution in [0.5, 0.6) is 0 Å². The van der Waals surface area contributed by atoms with Gasteiger partial charge < -0.3 is 10.2 Å². The minimum absolute atomic E-state index is 0.0175. The van der Waals surface area contributed by atoms with Crippen molar-refractivity contribution in [3.63, 3.8) is 0 Å². The van der Waals surface area contributed by atoms with Gasteiger partial charge >= 0.3 is 0 Å². The van der Waals surface area contributed by atoms with Gasteiger partial charge in [0.15, 0.2) is 0 Å². The van der Waals surface area contributed by atoms with E-state index < -0.39 is 10.0 Å². The van der Waals surface area contributed by atoms with Crippen molar-refractivity contribution in [3.8, 4) is 0 Å². The van der Waals surface area contributed by atoms with Crippen LogP contribution >= 0.6 is 11.6 Å². The lowest BCUT2D eigenvalue weighted by atomic mass is 10.0. The first kappa shape index (κ1) is 24.4. The van der Waals surface area contributed by atoms with Gasteiger partial charge in [-0.15, -0.1) is 0 Å². The van der Waals surface area contributed by atoms with Crippen molar-refractivity contribution in [2.45, 2.75) is 62.3 Å². The lowest BCUT2D eigenvalue weighted by Crippen LogP contribution is -2.52. The van der Waals surface area contributed by atoms with Crippen LogP contribution in [0.3, 0.4) is 0 Å². The van der Waals surface area contributed by atoms with E-state index in [1.807, 2.05) is 9.80 Å². The maximum Gasteiger partial charge on any atom is 0.244 e. The summed E-state index contributed by atoms with van der Waals surface area (Å²) >= 11 is 6.24. The van der Waals surface area contributed by atoms with Crippen LogP contribution in [0.25, 0.3) is 0 Å². The smallest absolute Gasteiger partial charge is 0.244 e. The number of carbonyl (C=O) groups is 2. The molecule has 10 heteroatoms. The largest absolute Gasteiger partial charge is 0.341 e. The molecule has 3 heterocycles. The Bertz CT molecular complexity index is 975. The van der Waals surface area contributed by atoms with Gasteiger partial charge in [-0.05, 0) is 63.3 Å². The molecule has 3 aliphatic heterocycles. The third-order valence-electron chi connectivity index (χ3n) is 6.81. The van der Waals surface area contributed by atoms with E-state index in [1.54, 1.807) is 6.07 Å². The summed E-state index contributed by atoms with van der Waals surface area (Å²) in [6.45, 7) is 3.37. The highest BCUT2D eigenvalue weighted by Gasteiger charge is 2.34. The lowest BCUT2D eigenvalue weighted by Gasteiger charge is -2.36. The molecule has 8 nitrogen and oxygen atoms in total. The van der Waals surface area contributed by atoms with Crippen LogP contribution in [-0.4, -0.2) is 79.6 Å². The molecule has 0 radical (unpaired) electrons. The van der Waals surface area contributed by atoms with E-state index in [4.69, 9.17) is 11.6 Å². The second-order valence-corrected chi connectivity index (χ2v) is 11.5. The molecule has 33 heavy (non-hydrogen) atoms. The Morgan fingerprint density at radius 3 is 2.33 bits per heavy atom. The molecular weight excluding hydrogens is 464 g/mol. The zero-order chi connectivity index (χ0) is 23.4. The summed E-state index contributed by atoms with van der Waals surface area (Å²) in [6.07, 6.45) is 7.47. The zero-order valence-electron chi connectivity index (χ0n) is 19.0. The Kier molecular flexibility index (Phi) is 7.94. The molecule has 0 saturated carbocycles. The fraction of sp³-hybridized carbons (Fsp3) is 0.652. The van der Waals surface area contributed by atoms with Crippen molar-refractivity contribution in [3.05, 3.63) is 23.2 Å². The van der Waals surface area contributed by atoms with Crippen molar-refractivity contribution in [2.24, 2.45) is 0 Å². The van der Waals surface area contributed by atoms with Crippen molar-refractivity contribution >= 4 is 39.1 Å². The number of hydrogen-bond donors (Lipinski definition) is 1. The number of carbonyl (C=O) groups excluding carboxylic acids is 2. The molecular formula is C23H33ClN4O4S. The van der Waals surface area contributed by atoms with Crippen LogP contribution in [0.4, 0.5) is 5.69 Å². The molecule has 3 saturated heterocycles. The second kappa shape index (κ2) is 10.7. The number of halogens is 1. The third kappa shape index (κ3) is 5.70. The highest BCUT2D eigenvalue weighted by Crippen LogP contribution is 2.29. The number of likely N-dealkylation sites (tertiary alicyclic amines) is 2. The van der Waals surface area contributed by atoms with E-state index in [9.17, 15) is 18.0 Å². The molecule has 1 unspecified atom stereocenters. The molecule has 0 spiro atoms. The topological polar surface area (TPSA) is 90.0 Å². The Hall–Kier alpha value is -1.68. The van der Waals surface area contributed by atoms with Crippen LogP contribution in [-0.2, 0) is 19.6 Å². The van der Waals surface area contributed by atoms with Gasteiger partial charge in [-0.2, -0.15) is 4.31 Å². The van der Waals surface area contributed by atoms with E-state index in [0.29, 0.717) is 25.3 Å². The van der Waals surface area contributed by atoms with Gasteiger partial charge in [0.05, 0.1) is 17.6 Å². The van der Waals surface area contributed by atoms with Crippen molar-refractivity contribution in [1.29, 1.82) is 0 Å². The number of rotatable bonds is 6. The molecule has 0 aromatic heterocycles. The Labute approximate surface area is 201 Å². The Morgan fingerprint density at radius 2 is 1.61 bits per heavy atom. The van der Waals surface area contributed by atoms with Gasteiger partial charge in [0.25, 0.3) is 0 Å². The molecule has 1 atom stereocenters. The molecule has 1 aromatic carbocycles. The molecule has 3 fully saturated rings. The first-order valence-corrected chi connectivity index (χ1v) is 13.8. The van der Waals surface area contributed by atoms with Gasteiger partial charge in [0, 0.05) is 31.9 Å². The standard InChI is InChI=1S/C23H33ClN4O4S/c24-19-10-9-18(16-21(19)33(31,32)28-14-3-1-4-15-28)25-22(29)17-27-13-5-2-8-20(27)23(30)26-11-6-7-12-26/h9-10,16,20H,1-8,11-15,17H2,(H,25,29). The van der Waals surface area contributed by atoms with Crippen LogP contribution in [0.2, 0.25) is 5.02 Å². The van der Waals surface area contributed by atoms with Gasteiger partial charge in [0.1, 0.15) is 4.90 Å². The number of piperidine rings is 2. The van der Waals surface area contributed by atoms with Crippen molar-refractivity contribution in [1.82, 2.24) is 14.1 Å². The van der Waals surface area contributed by atoms with Crippen LogP contribution in [0, 0.1) is 0 Å². The van der Waals surface area contributed by atoms with E-state index >= 15 is 0 Å². The Morgan fingerprint density at radius 1 is 0.939 bits per heavy atom. The lowest BCUT2D eigenvalue weighted by molar-refractivity contribution is -0.137. The number of hydrogen-bond acceptors (Lipinski definition) is 5. The quantitative estimate of drug-likeness (QED) is 0.654. The molecule has 3 aliphatic rings. The Balaban J connectivity index is 1.43. The first-order valence-electron chi connectivity index (χ1n) is 12.0. The van der Waals surface area contributed by atoms with Gasteiger partial charge in [-0.25, -0.2) is 8.42 Å². The number of nitrogens with zero attached hydrogens (tertiary/aromatic N) is 3. The van der Waals surface area contributed by atoms with Crippen LogP contribution < -0.4 is 5.32 Å². The number of sulfonamides is 1. The maximum absolute atomic E-state index is 13.1. The highest BCUT2D eigenvalue weighted by molar-refractivity contribution is 7.89. The van der Waals surface area contributed by atoms with Crippen LogP contribution in [0.15, 0.2) is 23.1 Å². The number of amides is 2. The highest BCUT2D eigenvalue weighted by atomic mass is 35.5.